The van der Waals surface area contributed by atoms with Crippen molar-refractivity contribution in [3.63, 3.8) is 0 Å². The van der Waals surface area contributed by atoms with Gasteiger partial charge < -0.3 is 10.1 Å². The van der Waals surface area contributed by atoms with Crippen molar-refractivity contribution in [1.82, 2.24) is 5.32 Å². The van der Waals surface area contributed by atoms with Crippen molar-refractivity contribution >= 4 is 5.91 Å². The number of hydrogen-bond donors (Lipinski definition) is 1. The minimum atomic E-state index is 0.106. The molecule has 1 fully saturated rings. The van der Waals surface area contributed by atoms with Crippen LogP contribution in [0.4, 0.5) is 0 Å². The highest BCUT2D eigenvalue weighted by atomic mass is 16.5. The first-order chi connectivity index (χ1) is 4.34. The Labute approximate surface area is 54.4 Å². The summed E-state index contributed by atoms with van der Waals surface area (Å²) in [7, 11) is 1.62. The molecule has 0 saturated carbocycles. The number of ether oxygens (including phenoxy) is 1. The fourth-order valence-corrected chi connectivity index (χ4v) is 1.01. The zero-order valence-electron chi connectivity index (χ0n) is 5.52. The molecule has 1 aliphatic rings. The first kappa shape index (κ1) is 6.55. The fourth-order valence-electron chi connectivity index (χ4n) is 1.01. The van der Waals surface area contributed by atoms with Gasteiger partial charge >= 0.3 is 0 Å². The molecule has 1 amide bonds. The third-order valence-electron chi connectivity index (χ3n) is 1.53. The largest absolute Gasteiger partial charge is 0.384 e. The zero-order valence-corrected chi connectivity index (χ0v) is 5.52. The van der Waals surface area contributed by atoms with E-state index in [1.807, 2.05) is 0 Å². The quantitative estimate of drug-likeness (QED) is 0.559. The molecule has 1 unspecified atom stereocenters. The summed E-state index contributed by atoms with van der Waals surface area (Å²) in [5.41, 5.74) is 0. The summed E-state index contributed by atoms with van der Waals surface area (Å²) < 4.78 is 4.84. The van der Waals surface area contributed by atoms with Crippen molar-refractivity contribution in [1.29, 1.82) is 0 Å². The Balaban J connectivity index is 2.31. The molecule has 1 atom stereocenters. The van der Waals surface area contributed by atoms with Gasteiger partial charge in [0.1, 0.15) is 0 Å². The lowest BCUT2D eigenvalue weighted by Crippen LogP contribution is -2.21. The monoisotopic (exact) mass is 129 g/mol. The van der Waals surface area contributed by atoms with Gasteiger partial charge in [0.25, 0.3) is 0 Å². The van der Waals surface area contributed by atoms with E-state index in [1.54, 1.807) is 7.11 Å². The van der Waals surface area contributed by atoms with Crippen LogP contribution >= 0.6 is 0 Å². The van der Waals surface area contributed by atoms with E-state index in [0.717, 1.165) is 13.0 Å². The number of hydrogen-bond acceptors (Lipinski definition) is 2. The van der Waals surface area contributed by atoms with E-state index >= 15 is 0 Å². The van der Waals surface area contributed by atoms with Gasteiger partial charge in [-0.05, 0) is 6.42 Å². The summed E-state index contributed by atoms with van der Waals surface area (Å²) in [4.78, 5) is 10.8. The third-order valence-corrected chi connectivity index (χ3v) is 1.53. The van der Waals surface area contributed by atoms with Gasteiger partial charge in [-0.1, -0.05) is 0 Å². The Bertz CT molecular complexity index is 114. The summed E-state index contributed by atoms with van der Waals surface area (Å²) in [6.45, 7) is 1.37. The second-order valence-electron chi connectivity index (χ2n) is 2.23. The Kier molecular flexibility index (Phi) is 2.05. The molecule has 9 heavy (non-hydrogen) atoms. The fraction of sp³-hybridized carbons (Fsp3) is 0.833. The molecule has 3 nitrogen and oxygen atoms in total. The van der Waals surface area contributed by atoms with Gasteiger partial charge in [-0.25, -0.2) is 0 Å². The van der Waals surface area contributed by atoms with Gasteiger partial charge in [0.05, 0.1) is 12.5 Å². The molecular formula is C6H11NO2. The molecule has 52 valence electrons. The van der Waals surface area contributed by atoms with Gasteiger partial charge in [0.15, 0.2) is 0 Å². The van der Waals surface area contributed by atoms with E-state index in [-0.39, 0.29) is 11.8 Å². The van der Waals surface area contributed by atoms with Crippen molar-refractivity contribution in [2.24, 2.45) is 5.92 Å². The summed E-state index contributed by atoms with van der Waals surface area (Å²) in [6, 6.07) is 0. The first-order valence-corrected chi connectivity index (χ1v) is 3.11. The zero-order chi connectivity index (χ0) is 6.69. The molecule has 0 aliphatic carbocycles. The van der Waals surface area contributed by atoms with Crippen LogP contribution in [0.25, 0.3) is 0 Å². The SMILES string of the molecule is COCC1CCNC1=O. The normalized spacial score (nSPS) is 26.3. The lowest BCUT2D eigenvalue weighted by Gasteiger charge is -2.02. The number of methoxy groups -OCH3 is 1. The van der Waals surface area contributed by atoms with Crippen molar-refractivity contribution in [3.8, 4) is 0 Å². The highest BCUT2D eigenvalue weighted by Crippen LogP contribution is 2.08. The molecule has 0 aromatic rings. The molecule has 0 spiro atoms. The summed E-state index contributed by atoms with van der Waals surface area (Å²) in [6.07, 6.45) is 0.923. The van der Waals surface area contributed by atoms with E-state index in [0.29, 0.717) is 6.61 Å². The maximum atomic E-state index is 10.8. The van der Waals surface area contributed by atoms with Crippen LogP contribution < -0.4 is 5.32 Å². The minimum absolute atomic E-state index is 0.106. The molecule has 0 aromatic carbocycles. The van der Waals surface area contributed by atoms with Gasteiger partial charge in [-0.2, -0.15) is 0 Å². The molecule has 0 aromatic heterocycles. The number of rotatable bonds is 2. The van der Waals surface area contributed by atoms with Crippen LogP contribution in [-0.4, -0.2) is 26.2 Å². The second-order valence-corrected chi connectivity index (χ2v) is 2.23. The summed E-state index contributed by atoms with van der Waals surface area (Å²) >= 11 is 0. The van der Waals surface area contributed by atoms with Crippen molar-refractivity contribution in [2.75, 3.05) is 20.3 Å². The molecule has 3 heteroatoms. The summed E-state index contributed by atoms with van der Waals surface area (Å²) in [5, 5.41) is 2.74. The molecule has 0 radical (unpaired) electrons. The molecule has 1 aliphatic heterocycles. The minimum Gasteiger partial charge on any atom is -0.384 e. The predicted molar refractivity (Wildman–Crippen MR) is 33.0 cm³/mol. The van der Waals surface area contributed by atoms with Gasteiger partial charge in [-0.3, -0.25) is 4.79 Å². The Morgan fingerprint density at radius 3 is 3.11 bits per heavy atom. The van der Waals surface area contributed by atoms with Crippen molar-refractivity contribution in [2.45, 2.75) is 6.42 Å². The molecule has 1 rings (SSSR count). The van der Waals surface area contributed by atoms with Crippen LogP contribution in [0.15, 0.2) is 0 Å². The van der Waals surface area contributed by atoms with Gasteiger partial charge in [0.2, 0.25) is 5.91 Å². The van der Waals surface area contributed by atoms with E-state index in [2.05, 4.69) is 5.32 Å². The lowest BCUT2D eigenvalue weighted by molar-refractivity contribution is -0.123. The smallest absolute Gasteiger partial charge is 0.225 e. The molecular weight excluding hydrogens is 118 g/mol. The number of amides is 1. The van der Waals surface area contributed by atoms with Crippen LogP contribution in [0.1, 0.15) is 6.42 Å². The van der Waals surface area contributed by atoms with Crippen molar-refractivity contribution in [3.05, 3.63) is 0 Å². The first-order valence-electron chi connectivity index (χ1n) is 3.11. The lowest BCUT2D eigenvalue weighted by atomic mass is 10.1. The van der Waals surface area contributed by atoms with E-state index in [1.165, 1.54) is 0 Å². The third kappa shape index (κ3) is 1.42. The van der Waals surface area contributed by atoms with Crippen LogP contribution in [0.5, 0.6) is 0 Å². The number of carbonyl (C=O) groups excluding carboxylic acids is 1. The maximum absolute atomic E-state index is 10.8. The summed E-state index contributed by atoms with van der Waals surface area (Å²) in [5.74, 6) is 0.242. The molecule has 1 heterocycles. The molecule has 0 bridgehead atoms. The average molecular weight is 129 g/mol. The predicted octanol–water partition coefficient (Wildman–Crippen LogP) is -0.231. The topological polar surface area (TPSA) is 38.3 Å². The molecule has 1 saturated heterocycles. The Morgan fingerprint density at radius 2 is 2.67 bits per heavy atom. The van der Waals surface area contributed by atoms with Crippen LogP contribution in [0.2, 0.25) is 0 Å². The second kappa shape index (κ2) is 2.82. The van der Waals surface area contributed by atoms with Gasteiger partial charge in [0, 0.05) is 13.7 Å². The number of carbonyl (C=O) groups is 1. The average Bonchev–Trinajstić information content (AvgIpc) is 2.18. The Hall–Kier alpha value is -0.570. The van der Waals surface area contributed by atoms with E-state index < -0.39 is 0 Å². The van der Waals surface area contributed by atoms with Crippen molar-refractivity contribution < 1.29 is 9.53 Å². The van der Waals surface area contributed by atoms with Crippen LogP contribution in [0.3, 0.4) is 0 Å². The molecule has 1 N–H and O–H groups in total. The standard InChI is InChI=1S/C6H11NO2/c1-9-4-5-2-3-7-6(5)8/h5H,2-4H2,1H3,(H,7,8). The maximum Gasteiger partial charge on any atom is 0.225 e. The van der Waals surface area contributed by atoms with Crippen LogP contribution in [-0.2, 0) is 9.53 Å². The van der Waals surface area contributed by atoms with E-state index in [9.17, 15) is 4.79 Å². The highest BCUT2D eigenvalue weighted by Gasteiger charge is 2.22. The highest BCUT2D eigenvalue weighted by molar-refractivity contribution is 5.80. The Morgan fingerprint density at radius 1 is 1.89 bits per heavy atom. The van der Waals surface area contributed by atoms with Crippen LogP contribution in [0, 0.1) is 5.92 Å². The number of nitrogens with one attached hydrogen (secondary N) is 1. The van der Waals surface area contributed by atoms with Gasteiger partial charge in [-0.15, -0.1) is 0 Å². The van der Waals surface area contributed by atoms with E-state index in [4.69, 9.17) is 4.74 Å².